The van der Waals surface area contributed by atoms with E-state index >= 15 is 0 Å². The van der Waals surface area contributed by atoms with Gasteiger partial charge in [-0.15, -0.1) is 0 Å². The van der Waals surface area contributed by atoms with Gasteiger partial charge in [0.15, 0.2) is 0 Å². The van der Waals surface area contributed by atoms with Crippen LogP contribution in [0.15, 0.2) is 18.3 Å². The van der Waals surface area contributed by atoms with Gasteiger partial charge in [-0.2, -0.15) is 0 Å². The van der Waals surface area contributed by atoms with E-state index in [0.717, 1.165) is 19.2 Å². The summed E-state index contributed by atoms with van der Waals surface area (Å²) in [5, 5.41) is 3.26. The minimum atomic E-state index is -0.642. The molecule has 0 saturated carbocycles. The maximum absolute atomic E-state index is 12.9. The van der Waals surface area contributed by atoms with Gasteiger partial charge in [-0.05, 0) is 32.0 Å². The number of hydrogen-bond donors (Lipinski definition) is 1. The molecule has 0 bridgehead atoms. The number of hydrogen-bond acceptors (Lipinski definition) is 4. The van der Waals surface area contributed by atoms with Crippen LogP contribution in [0.3, 0.4) is 0 Å². The first kappa shape index (κ1) is 14.6. The van der Waals surface area contributed by atoms with Crippen molar-refractivity contribution in [1.82, 2.24) is 10.3 Å². The summed E-state index contributed by atoms with van der Waals surface area (Å²) in [5.41, 5.74) is -0.0145. The standard InChI is InChI=1S/C13H19FN2O2/c1-4-7-16-13(2,8-12(17)18-3)11-6-5-10(14)9-15-11/h5-6,9,16H,4,7-8H2,1-3H3. The Morgan fingerprint density at radius 3 is 2.78 bits per heavy atom. The number of rotatable bonds is 6. The Morgan fingerprint density at radius 2 is 2.28 bits per heavy atom. The number of nitrogens with zero attached hydrogens (tertiary/aromatic N) is 1. The van der Waals surface area contributed by atoms with Crippen LogP contribution in [0, 0.1) is 5.82 Å². The van der Waals surface area contributed by atoms with Crippen molar-refractivity contribution in [1.29, 1.82) is 0 Å². The SMILES string of the molecule is CCCNC(C)(CC(=O)OC)c1ccc(F)cn1. The fourth-order valence-corrected chi connectivity index (χ4v) is 1.71. The number of pyridine rings is 1. The molecule has 1 atom stereocenters. The molecule has 0 fully saturated rings. The summed E-state index contributed by atoms with van der Waals surface area (Å²) in [7, 11) is 1.35. The van der Waals surface area contributed by atoms with Gasteiger partial charge in [0, 0.05) is 0 Å². The van der Waals surface area contributed by atoms with Crippen LogP contribution in [0.2, 0.25) is 0 Å². The molecule has 1 aromatic heterocycles. The molecule has 1 heterocycles. The van der Waals surface area contributed by atoms with E-state index in [2.05, 4.69) is 10.3 Å². The predicted octanol–water partition coefficient (Wildman–Crippen LogP) is 2.00. The Balaban J connectivity index is 2.95. The monoisotopic (exact) mass is 254 g/mol. The van der Waals surface area contributed by atoms with Crippen LogP contribution < -0.4 is 5.32 Å². The fraction of sp³-hybridized carbons (Fsp3) is 0.538. The summed E-state index contributed by atoms with van der Waals surface area (Å²) < 4.78 is 17.6. The van der Waals surface area contributed by atoms with Crippen LogP contribution in [-0.4, -0.2) is 24.6 Å². The zero-order chi connectivity index (χ0) is 13.6. The molecule has 0 aromatic carbocycles. The average Bonchev–Trinajstić information content (AvgIpc) is 2.37. The molecule has 5 heteroatoms. The molecule has 0 amide bonds. The molecular formula is C13H19FN2O2. The quantitative estimate of drug-likeness (QED) is 0.789. The van der Waals surface area contributed by atoms with Gasteiger partial charge < -0.3 is 10.1 Å². The number of halogens is 1. The van der Waals surface area contributed by atoms with Crippen molar-refractivity contribution in [3.63, 3.8) is 0 Å². The molecule has 0 spiro atoms. The van der Waals surface area contributed by atoms with E-state index in [4.69, 9.17) is 4.74 Å². The van der Waals surface area contributed by atoms with Crippen LogP contribution in [-0.2, 0) is 15.1 Å². The molecule has 1 N–H and O–H groups in total. The zero-order valence-corrected chi connectivity index (χ0v) is 11.0. The largest absolute Gasteiger partial charge is 0.469 e. The highest BCUT2D eigenvalue weighted by atomic mass is 19.1. The minimum absolute atomic E-state index is 0.155. The van der Waals surface area contributed by atoms with Gasteiger partial charge in [-0.1, -0.05) is 6.92 Å². The lowest BCUT2D eigenvalue weighted by Crippen LogP contribution is -2.42. The van der Waals surface area contributed by atoms with Gasteiger partial charge in [0.05, 0.1) is 31.0 Å². The van der Waals surface area contributed by atoms with E-state index < -0.39 is 11.4 Å². The number of carbonyl (C=O) groups excluding carboxylic acids is 1. The van der Waals surface area contributed by atoms with Gasteiger partial charge in [-0.3, -0.25) is 9.78 Å². The van der Waals surface area contributed by atoms with Crippen molar-refractivity contribution in [2.24, 2.45) is 0 Å². The summed E-state index contributed by atoms with van der Waals surface area (Å²) in [5.74, 6) is -0.720. The van der Waals surface area contributed by atoms with E-state index in [1.807, 2.05) is 13.8 Å². The lowest BCUT2D eigenvalue weighted by Gasteiger charge is -2.29. The van der Waals surface area contributed by atoms with Crippen molar-refractivity contribution in [2.75, 3.05) is 13.7 Å². The molecule has 0 aliphatic rings. The highest BCUT2D eigenvalue weighted by Crippen LogP contribution is 2.23. The molecule has 100 valence electrons. The number of aromatic nitrogens is 1. The molecule has 0 aliphatic heterocycles. The summed E-state index contributed by atoms with van der Waals surface area (Å²) in [6.45, 7) is 4.63. The van der Waals surface area contributed by atoms with E-state index in [0.29, 0.717) is 5.69 Å². The van der Waals surface area contributed by atoms with Gasteiger partial charge in [0.25, 0.3) is 0 Å². The first-order valence-corrected chi connectivity index (χ1v) is 5.95. The highest BCUT2D eigenvalue weighted by Gasteiger charge is 2.30. The fourth-order valence-electron chi connectivity index (χ4n) is 1.71. The lowest BCUT2D eigenvalue weighted by atomic mass is 9.92. The van der Waals surface area contributed by atoms with Crippen LogP contribution in [0.5, 0.6) is 0 Å². The smallest absolute Gasteiger partial charge is 0.307 e. The number of methoxy groups -OCH3 is 1. The van der Waals surface area contributed by atoms with Crippen molar-refractivity contribution in [3.8, 4) is 0 Å². The molecule has 0 saturated heterocycles. The zero-order valence-electron chi connectivity index (χ0n) is 11.0. The third kappa shape index (κ3) is 3.77. The molecule has 1 aromatic rings. The van der Waals surface area contributed by atoms with Crippen LogP contribution in [0.4, 0.5) is 4.39 Å². The Kier molecular flexibility index (Phi) is 5.22. The van der Waals surface area contributed by atoms with Crippen molar-refractivity contribution in [2.45, 2.75) is 32.2 Å². The van der Waals surface area contributed by atoms with E-state index in [1.165, 1.54) is 13.2 Å². The lowest BCUT2D eigenvalue weighted by molar-refractivity contribution is -0.142. The van der Waals surface area contributed by atoms with Crippen molar-refractivity contribution in [3.05, 3.63) is 29.8 Å². The maximum Gasteiger partial charge on any atom is 0.307 e. The van der Waals surface area contributed by atoms with Gasteiger partial charge in [-0.25, -0.2) is 4.39 Å². The maximum atomic E-state index is 12.9. The van der Waals surface area contributed by atoms with Crippen LogP contribution in [0.1, 0.15) is 32.4 Å². The normalized spacial score (nSPS) is 14.0. The Morgan fingerprint density at radius 1 is 1.56 bits per heavy atom. The van der Waals surface area contributed by atoms with Gasteiger partial charge in [0.1, 0.15) is 5.82 Å². The molecule has 0 radical (unpaired) electrons. The van der Waals surface area contributed by atoms with Crippen molar-refractivity contribution >= 4 is 5.97 Å². The van der Waals surface area contributed by atoms with E-state index in [9.17, 15) is 9.18 Å². The van der Waals surface area contributed by atoms with Gasteiger partial charge >= 0.3 is 5.97 Å². The van der Waals surface area contributed by atoms with E-state index in [1.54, 1.807) is 6.07 Å². The molecule has 0 aliphatic carbocycles. The number of esters is 1. The molecular weight excluding hydrogens is 235 g/mol. The third-order valence-electron chi connectivity index (χ3n) is 2.78. The molecule has 1 rings (SSSR count). The Labute approximate surface area is 107 Å². The van der Waals surface area contributed by atoms with Gasteiger partial charge in [0.2, 0.25) is 0 Å². The molecule has 1 unspecified atom stereocenters. The first-order chi connectivity index (χ1) is 8.51. The number of ether oxygens (including phenoxy) is 1. The summed E-state index contributed by atoms with van der Waals surface area (Å²) in [6, 6.07) is 2.92. The minimum Gasteiger partial charge on any atom is -0.469 e. The van der Waals surface area contributed by atoms with E-state index in [-0.39, 0.29) is 12.4 Å². The second-order valence-corrected chi connectivity index (χ2v) is 4.37. The molecule has 4 nitrogen and oxygen atoms in total. The van der Waals surface area contributed by atoms with Crippen LogP contribution in [0.25, 0.3) is 0 Å². The Hall–Kier alpha value is -1.49. The highest BCUT2D eigenvalue weighted by molar-refractivity contribution is 5.71. The number of nitrogens with one attached hydrogen (secondary N) is 1. The number of carbonyl (C=O) groups is 1. The van der Waals surface area contributed by atoms with Crippen molar-refractivity contribution < 1.29 is 13.9 Å². The third-order valence-corrected chi connectivity index (χ3v) is 2.78. The predicted molar refractivity (Wildman–Crippen MR) is 66.5 cm³/mol. The summed E-state index contributed by atoms with van der Waals surface area (Å²) in [4.78, 5) is 15.5. The Bertz CT molecular complexity index is 394. The summed E-state index contributed by atoms with van der Waals surface area (Å²) >= 11 is 0. The summed E-state index contributed by atoms with van der Waals surface area (Å²) in [6.07, 6.45) is 2.23. The second kappa shape index (κ2) is 6.44. The topological polar surface area (TPSA) is 51.2 Å². The van der Waals surface area contributed by atoms with Crippen LogP contribution >= 0.6 is 0 Å². The first-order valence-electron chi connectivity index (χ1n) is 5.95. The average molecular weight is 254 g/mol. The molecule has 18 heavy (non-hydrogen) atoms. The second-order valence-electron chi connectivity index (χ2n) is 4.37.